The van der Waals surface area contributed by atoms with E-state index in [0.717, 1.165) is 12.8 Å². The van der Waals surface area contributed by atoms with Crippen LogP contribution in [-0.4, -0.2) is 13.9 Å². The molecule has 5 heteroatoms. The molecule has 2 aliphatic heterocycles. The van der Waals surface area contributed by atoms with Crippen molar-refractivity contribution < 1.29 is 0 Å². The van der Waals surface area contributed by atoms with Crippen molar-refractivity contribution in [2.75, 3.05) is 0 Å². The Morgan fingerprint density at radius 3 is 2.09 bits per heavy atom. The summed E-state index contributed by atoms with van der Waals surface area (Å²) in [5.41, 5.74) is 1.28. The monoisotopic (exact) mass is 451 g/mol. The zero-order valence-electron chi connectivity index (χ0n) is 21.9. The second-order valence-electron chi connectivity index (χ2n) is 14.6. The molecule has 180 valence electrons. The molecule has 7 atom stereocenters. The molecule has 33 heavy (non-hydrogen) atoms. The minimum atomic E-state index is -0.144. The van der Waals surface area contributed by atoms with E-state index in [9.17, 15) is 9.59 Å². The molecule has 4 bridgehead atoms. The van der Waals surface area contributed by atoms with Gasteiger partial charge in [-0.15, -0.1) is 0 Å². The quantitative estimate of drug-likeness (QED) is 0.530. The summed E-state index contributed by atoms with van der Waals surface area (Å²) in [6.45, 7) is 20.7. The molecule has 0 spiro atoms. The van der Waals surface area contributed by atoms with E-state index in [0.29, 0.717) is 5.92 Å². The average molecular weight is 452 g/mol. The molecular weight excluding hydrogens is 410 g/mol. The topological polar surface area (TPSA) is 48.9 Å². The summed E-state index contributed by atoms with van der Waals surface area (Å²) in [5.74, 6) is 0.842. The van der Waals surface area contributed by atoms with Gasteiger partial charge in [-0.2, -0.15) is 0 Å². The standard InChI is InChI=1S/C28H41N3O2/c1-24(2,3)17-15-28(25(4,5)6)19-11-10-18(21(17)28)30-22(32)29(23(33)31(19)30)20-14-16-12-13-27(20,9)26(16,7)8/h10-11,15-16,18-21H,12-14H2,1-9H3. The highest BCUT2D eigenvalue weighted by Crippen LogP contribution is 2.72. The molecule has 4 aliphatic carbocycles. The molecule has 0 N–H and O–H groups in total. The zero-order valence-corrected chi connectivity index (χ0v) is 21.9. The molecule has 2 saturated carbocycles. The molecule has 0 aromatic carbocycles. The third kappa shape index (κ3) is 2.13. The van der Waals surface area contributed by atoms with Gasteiger partial charge in [0, 0.05) is 17.4 Å². The van der Waals surface area contributed by atoms with Gasteiger partial charge in [-0.25, -0.2) is 23.5 Å². The van der Waals surface area contributed by atoms with Crippen LogP contribution in [0.25, 0.3) is 0 Å². The predicted octanol–water partition coefficient (Wildman–Crippen LogP) is 5.50. The lowest BCUT2D eigenvalue weighted by Gasteiger charge is -2.66. The van der Waals surface area contributed by atoms with E-state index in [1.165, 1.54) is 12.0 Å². The van der Waals surface area contributed by atoms with Crippen LogP contribution < -0.4 is 11.4 Å². The van der Waals surface area contributed by atoms with Crippen molar-refractivity contribution in [2.45, 2.75) is 99.7 Å². The van der Waals surface area contributed by atoms with Crippen LogP contribution >= 0.6 is 0 Å². The fourth-order valence-electron chi connectivity index (χ4n) is 8.97. The molecule has 6 aliphatic rings. The first-order valence-electron chi connectivity index (χ1n) is 13.0. The van der Waals surface area contributed by atoms with Gasteiger partial charge in [0.2, 0.25) is 0 Å². The molecule has 7 rings (SSSR count). The SMILES string of the molecule is CC(C)(C)C1=CC2(C(C)(C)C)C1C1C=CC2n2c(=O)n(C3CC4CCC3(C)C4(C)C)c(=O)n21. The van der Waals surface area contributed by atoms with E-state index in [4.69, 9.17) is 0 Å². The third-order valence-corrected chi connectivity index (χ3v) is 11.4. The van der Waals surface area contributed by atoms with Gasteiger partial charge < -0.3 is 0 Å². The van der Waals surface area contributed by atoms with Crippen molar-refractivity contribution in [2.24, 2.45) is 38.9 Å². The van der Waals surface area contributed by atoms with E-state index in [2.05, 4.69) is 80.5 Å². The fraction of sp³-hybridized carbons (Fsp3) is 0.786. The maximum Gasteiger partial charge on any atom is 0.348 e. The molecule has 5 nitrogen and oxygen atoms in total. The summed E-state index contributed by atoms with van der Waals surface area (Å²) in [7, 11) is 0. The van der Waals surface area contributed by atoms with Crippen LogP contribution in [-0.2, 0) is 0 Å². The van der Waals surface area contributed by atoms with Crippen molar-refractivity contribution in [1.82, 2.24) is 13.9 Å². The first-order valence-corrected chi connectivity index (χ1v) is 13.0. The van der Waals surface area contributed by atoms with Crippen LogP contribution in [0.1, 0.15) is 99.7 Å². The normalized spacial score (nSPS) is 42.2. The Hall–Kier alpha value is -1.78. The minimum Gasteiger partial charge on any atom is -0.246 e. The van der Waals surface area contributed by atoms with E-state index in [1.807, 2.05) is 9.36 Å². The summed E-state index contributed by atoms with van der Waals surface area (Å²) in [4.78, 5) is 28.2. The van der Waals surface area contributed by atoms with Gasteiger partial charge in [0.1, 0.15) is 0 Å². The van der Waals surface area contributed by atoms with Gasteiger partial charge in [0.15, 0.2) is 0 Å². The van der Waals surface area contributed by atoms with Crippen LogP contribution in [0.3, 0.4) is 0 Å². The summed E-state index contributed by atoms with van der Waals surface area (Å²) < 4.78 is 5.39. The summed E-state index contributed by atoms with van der Waals surface area (Å²) in [6, 6.07) is -0.205. The molecule has 0 radical (unpaired) electrons. The van der Waals surface area contributed by atoms with Gasteiger partial charge in [0.25, 0.3) is 0 Å². The lowest BCUT2D eigenvalue weighted by Crippen LogP contribution is -2.64. The van der Waals surface area contributed by atoms with Gasteiger partial charge >= 0.3 is 11.4 Å². The second kappa shape index (κ2) is 5.71. The van der Waals surface area contributed by atoms with Crippen LogP contribution in [0.4, 0.5) is 0 Å². The number of aromatic nitrogens is 3. The average Bonchev–Trinajstić information content (AvgIpc) is 3.11. The smallest absolute Gasteiger partial charge is 0.246 e. The molecule has 3 heterocycles. The van der Waals surface area contributed by atoms with E-state index in [-0.39, 0.29) is 62.5 Å². The predicted molar refractivity (Wildman–Crippen MR) is 131 cm³/mol. The van der Waals surface area contributed by atoms with Crippen LogP contribution in [0, 0.1) is 38.9 Å². The van der Waals surface area contributed by atoms with Crippen LogP contribution in [0.15, 0.2) is 33.4 Å². The van der Waals surface area contributed by atoms with Crippen molar-refractivity contribution in [3.63, 3.8) is 0 Å². The second-order valence-corrected chi connectivity index (χ2v) is 14.6. The lowest BCUT2D eigenvalue weighted by molar-refractivity contribution is -0.0653. The highest BCUT2D eigenvalue weighted by atomic mass is 16.2. The Balaban J connectivity index is 1.57. The maximum absolute atomic E-state index is 14.1. The molecule has 1 aromatic heterocycles. The van der Waals surface area contributed by atoms with Crippen molar-refractivity contribution >= 4 is 0 Å². The number of allylic oxidation sites excluding steroid dienone is 4. The Labute approximate surface area is 197 Å². The van der Waals surface area contributed by atoms with Gasteiger partial charge in [-0.1, -0.05) is 86.1 Å². The summed E-state index contributed by atoms with van der Waals surface area (Å²) >= 11 is 0. The number of fused-ring (bicyclic) bond motifs is 2. The summed E-state index contributed by atoms with van der Waals surface area (Å²) in [5, 5.41) is 0. The lowest BCUT2D eigenvalue weighted by atomic mass is 9.41. The van der Waals surface area contributed by atoms with E-state index in [1.54, 1.807) is 4.57 Å². The van der Waals surface area contributed by atoms with Gasteiger partial charge in [0.05, 0.1) is 12.1 Å². The molecule has 7 unspecified atom stereocenters. The van der Waals surface area contributed by atoms with Gasteiger partial charge in [-0.05, 0) is 46.8 Å². The fourth-order valence-corrected chi connectivity index (χ4v) is 8.97. The molecule has 2 fully saturated rings. The Kier molecular flexibility index (Phi) is 3.76. The van der Waals surface area contributed by atoms with E-state index < -0.39 is 0 Å². The minimum absolute atomic E-state index is 0.00506. The number of nitrogens with zero attached hydrogens (tertiary/aromatic N) is 3. The van der Waals surface area contributed by atoms with Crippen LogP contribution in [0.2, 0.25) is 0 Å². The molecule has 0 saturated heterocycles. The largest absolute Gasteiger partial charge is 0.348 e. The Morgan fingerprint density at radius 2 is 1.58 bits per heavy atom. The number of hydrogen-bond acceptors (Lipinski definition) is 2. The van der Waals surface area contributed by atoms with Crippen LogP contribution in [0.5, 0.6) is 0 Å². The highest BCUT2D eigenvalue weighted by molar-refractivity contribution is 5.44. The molecule has 0 amide bonds. The number of hydrogen-bond donors (Lipinski definition) is 0. The summed E-state index contributed by atoms with van der Waals surface area (Å²) in [6.07, 6.45) is 10.2. The van der Waals surface area contributed by atoms with Crippen molar-refractivity contribution in [3.8, 4) is 0 Å². The third-order valence-electron chi connectivity index (χ3n) is 11.4. The Morgan fingerprint density at radius 1 is 0.939 bits per heavy atom. The first-order chi connectivity index (χ1) is 15.1. The maximum atomic E-state index is 14.1. The first kappa shape index (κ1) is 21.7. The molecule has 1 aromatic rings. The molecular formula is C28H41N3O2. The van der Waals surface area contributed by atoms with E-state index >= 15 is 0 Å². The highest BCUT2D eigenvalue weighted by Gasteiger charge is 2.68. The number of rotatable bonds is 1. The zero-order chi connectivity index (χ0) is 24.1. The van der Waals surface area contributed by atoms with Crippen molar-refractivity contribution in [3.05, 3.63) is 44.8 Å². The van der Waals surface area contributed by atoms with Gasteiger partial charge in [-0.3, -0.25) is 0 Å². The Bertz CT molecular complexity index is 1240. The van der Waals surface area contributed by atoms with Crippen molar-refractivity contribution in [1.29, 1.82) is 0 Å².